The van der Waals surface area contributed by atoms with Crippen molar-refractivity contribution in [3.63, 3.8) is 0 Å². The van der Waals surface area contributed by atoms with Crippen LogP contribution in [-0.4, -0.2) is 18.9 Å². The average molecular weight is 320 g/mol. The number of hydrogen-bond acceptors (Lipinski definition) is 3. The number of Topliss-reactive ketones (excluding diaryl/α,β-unsaturated/α-hetero) is 1. The number of ketones is 1. The van der Waals surface area contributed by atoms with Crippen molar-refractivity contribution in [1.82, 2.24) is 0 Å². The summed E-state index contributed by atoms with van der Waals surface area (Å²) in [5.74, 6) is -0.222. The first-order valence-corrected chi connectivity index (χ1v) is 6.38. The number of ether oxygens (including phenoxy) is 1. The Labute approximate surface area is 113 Å². The highest BCUT2D eigenvalue weighted by atomic mass is 79.9. The Bertz CT molecular complexity index is 445. The summed E-state index contributed by atoms with van der Waals surface area (Å²) >= 11 is 8.99. The first-order chi connectivity index (χ1) is 8.01. The smallest absolute Gasteiger partial charge is 0.338 e. The molecule has 1 aromatic carbocycles. The maximum absolute atomic E-state index is 11.6. The fourth-order valence-electron chi connectivity index (χ4n) is 1.42. The van der Waals surface area contributed by atoms with E-state index in [-0.39, 0.29) is 5.78 Å². The standard InChI is InChI=1S/C12H12BrClO3/c1-7(15)11(13)10-5-8(6-14)3-4-9(10)12(16)17-2/h3-5,11H,6H2,1-2H3. The molecule has 0 spiro atoms. The lowest BCUT2D eigenvalue weighted by molar-refractivity contribution is -0.116. The van der Waals surface area contributed by atoms with Crippen LogP contribution in [0.2, 0.25) is 0 Å². The minimum atomic E-state index is -0.528. The zero-order valence-corrected chi connectivity index (χ0v) is 11.8. The van der Waals surface area contributed by atoms with Gasteiger partial charge in [-0.25, -0.2) is 4.79 Å². The Morgan fingerprint density at radius 3 is 2.59 bits per heavy atom. The van der Waals surface area contributed by atoms with Crippen LogP contribution in [0, 0.1) is 0 Å². The van der Waals surface area contributed by atoms with Gasteiger partial charge in [0.15, 0.2) is 0 Å². The molecule has 1 rings (SSSR count). The highest BCUT2D eigenvalue weighted by Crippen LogP contribution is 2.29. The maximum Gasteiger partial charge on any atom is 0.338 e. The molecule has 0 amide bonds. The lowest BCUT2D eigenvalue weighted by Gasteiger charge is -2.12. The molecular formula is C12H12BrClO3. The molecule has 0 aromatic heterocycles. The number of rotatable bonds is 4. The molecule has 0 saturated carbocycles. The lowest BCUT2D eigenvalue weighted by Crippen LogP contribution is -2.11. The van der Waals surface area contributed by atoms with E-state index in [1.54, 1.807) is 18.2 Å². The van der Waals surface area contributed by atoms with Gasteiger partial charge in [-0.15, -0.1) is 11.6 Å². The third-order valence-corrected chi connectivity index (χ3v) is 3.75. The monoisotopic (exact) mass is 318 g/mol. The van der Waals surface area contributed by atoms with E-state index in [2.05, 4.69) is 20.7 Å². The van der Waals surface area contributed by atoms with E-state index in [0.717, 1.165) is 5.56 Å². The van der Waals surface area contributed by atoms with Gasteiger partial charge in [0, 0.05) is 5.88 Å². The summed E-state index contributed by atoms with van der Waals surface area (Å²) in [6.07, 6.45) is 0. The predicted molar refractivity (Wildman–Crippen MR) is 69.7 cm³/mol. The van der Waals surface area contributed by atoms with Gasteiger partial charge in [0.25, 0.3) is 0 Å². The lowest BCUT2D eigenvalue weighted by atomic mass is 10.00. The van der Waals surface area contributed by atoms with Crippen LogP contribution in [0.4, 0.5) is 0 Å². The molecule has 1 atom stereocenters. The zero-order valence-electron chi connectivity index (χ0n) is 9.50. The van der Waals surface area contributed by atoms with E-state index in [1.165, 1.54) is 14.0 Å². The normalized spacial score (nSPS) is 12.0. The molecule has 1 unspecified atom stereocenters. The van der Waals surface area contributed by atoms with E-state index in [4.69, 9.17) is 11.6 Å². The van der Waals surface area contributed by atoms with Crippen LogP contribution < -0.4 is 0 Å². The first-order valence-electron chi connectivity index (χ1n) is 4.93. The molecule has 0 fully saturated rings. The molecule has 0 radical (unpaired) electrons. The van der Waals surface area contributed by atoms with Crippen LogP contribution in [0.5, 0.6) is 0 Å². The van der Waals surface area contributed by atoms with E-state index < -0.39 is 10.8 Å². The summed E-state index contributed by atoms with van der Waals surface area (Å²) in [5.41, 5.74) is 1.81. The van der Waals surface area contributed by atoms with Crippen molar-refractivity contribution < 1.29 is 14.3 Å². The van der Waals surface area contributed by atoms with Gasteiger partial charge in [0.2, 0.25) is 0 Å². The molecule has 0 aliphatic rings. The van der Waals surface area contributed by atoms with E-state index in [0.29, 0.717) is 17.0 Å². The second-order valence-corrected chi connectivity index (χ2v) is 4.70. The number of carbonyl (C=O) groups excluding carboxylic acids is 2. The highest BCUT2D eigenvalue weighted by Gasteiger charge is 2.21. The van der Waals surface area contributed by atoms with Crippen LogP contribution in [0.15, 0.2) is 18.2 Å². The summed E-state index contributed by atoms with van der Waals surface area (Å²) in [7, 11) is 1.30. The van der Waals surface area contributed by atoms with Crippen LogP contribution in [0.3, 0.4) is 0 Å². The topological polar surface area (TPSA) is 43.4 Å². The van der Waals surface area contributed by atoms with Crippen molar-refractivity contribution in [1.29, 1.82) is 0 Å². The van der Waals surface area contributed by atoms with Crippen molar-refractivity contribution in [3.8, 4) is 0 Å². The predicted octanol–water partition coefficient (Wildman–Crippen LogP) is 3.24. The third-order valence-electron chi connectivity index (χ3n) is 2.31. The number of hydrogen-bond donors (Lipinski definition) is 0. The molecule has 5 heteroatoms. The molecule has 17 heavy (non-hydrogen) atoms. The second kappa shape index (κ2) is 6.17. The van der Waals surface area contributed by atoms with Crippen LogP contribution in [0.1, 0.15) is 33.2 Å². The molecule has 0 N–H and O–H groups in total. The third kappa shape index (κ3) is 3.30. The van der Waals surface area contributed by atoms with Crippen molar-refractivity contribution in [3.05, 3.63) is 34.9 Å². The highest BCUT2D eigenvalue weighted by molar-refractivity contribution is 9.09. The number of halogens is 2. The Kier molecular flexibility index (Phi) is 5.15. The minimum absolute atomic E-state index is 0.0816. The Morgan fingerprint density at radius 1 is 1.47 bits per heavy atom. The van der Waals surface area contributed by atoms with Gasteiger partial charge in [-0.3, -0.25) is 4.79 Å². The number of methoxy groups -OCH3 is 1. The SMILES string of the molecule is COC(=O)c1ccc(CCl)cc1C(Br)C(C)=O. The Balaban J connectivity index is 3.30. The molecule has 0 bridgehead atoms. The minimum Gasteiger partial charge on any atom is -0.465 e. The Hall–Kier alpha value is -0.870. The van der Waals surface area contributed by atoms with E-state index >= 15 is 0 Å². The fourth-order valence-corrected chi connectivity index (χ4v) is 1.96. The summed E-state index contributed by atoms with van der Waals surface area (Å²) in [4.78, 5) is 22.4. The Morgan fingerprint density at radius 2 is 2.12 bits per heavy atom. The van der Waals surface area contributed by atoms with Crippen molar-refractivity contribution in [2.75, 3.05) is 7.11 Å². The van der Waals surface area contributed by atoms with Gasteiger partial charge in [-0.05, 0) is 24.1 Å². The molecule has 3 nitrogen and oxygen atoms in total. The number of carbonyl (C=O) groups is 2. The molecule has 0 saturated heterocycles. The summed E-state index contributed by atoms with van der Waals surface area (Å²) in [6, 6.07) is 5.10. The largest absolute Gasteiger partial charge is 0.465 e. The molecule has 1 aromatic rings. The fraction of sp³-hybridized carbons (Fsp3) is 0.333. The summed E-state index contributed by atoms with van der Waals surface area (Å²) in [5, 5.41) is 0. The molecular weight excluding hydrogens is 307 g/mol. The van der Waals surface area contributed by atoms with Crippen molar-refractivity contribution in [2.24, 2.45) is 0 Å². The molecule has 0 aliphatic heterocycles. The molecule has 0 aliphatic carbocycles. The van der Waals surface area contributed by atoms with Crippen LogP contribution >= 0.6 is 27.5 Å². The molecule has 0 heterocycles. The number of esters is 1. The maximum atomic E-state index is 11.6. The summed E-state index contributed by atoms with van der Waals surface area (Å²) in [6.45, 7) is 1.45. The van der Waals surface area contributed by atoms with Crippen LogP contribution in [-0.2, 0) is 15.4 Å². The van der Waals surface area contributed by atoms with E-state index in [1.807, 2.05) is 0 Å². The number of alkyl halides is 2. The van der Waals surface area contributed by atoms with Gasteiger partial charge in [0.05, 0.1) is 17.5 Å². The average Bonchev–Trinajstić information content (AvgIpc) is 2.35. The van der Waals surface area contributed by atoms with Crippen molar-refractivity contribution >= 4 is 39.3 Å². The second-order valence-electron chi connectivity index (χ2n) is 3.52. The van der Waals surface area contributed by atoms with Gasteiger partial charge in [-0.2, -0.15) is 0 Å². The van der Waals surface area contributed by atoms with E-state index in [9.17, 15) is 9.59 Å². The first kappa shape index (κ1) is 14.2. The number of benzene rings is 1. The zero-order chi connectivity index (χ0) is 13.0. The summed E-state index contributed by atoms with van der Waals surface area (Å²) < 4.78 is 4.68. The van der Waals surface area contributed by atoms with Crippen molar-refractivity contribution in [2.45, 2.75) is 17.6 Å². The van der Waals surface area contributed by atoms with Gasteiger partial charge in [0.1, 0.15) is 5.78 Å². The quantitative estimate of drug-likeness (QED) is 0.632. The van der Waals surface area contributed by atoms with Gasteiger partial charge in [-0.1, -0.05) is 28.1 Å². The van der Waals surface area contributed by atoms with Crippen LogP contribution in [0.25, 0.3) is 0 Å². The molecule has 92 valence electrons. The van der Waals surface area contributed by atoms with Gasteiger partial charge >= 0.3 is 5.97 Å². The van der Waals surface area contributed by atoms with Gasteiger partial charge < -0.3 is 4.74 Å².